The molecule has 0 saturated heterocycles. The van der Waals surface area contributed by atoms with Crippen molar-refractivity contribution in [2.24, 2.45) is 11.1 Å². The zero-order chi connectivity index (χ0) is 13.6. The molecule has 4 nitrogen and oxygen atoms in total. The number of thiocarbonyl (C=S) groups is 1. The number of likely N-dealkylation sites (N-methyl/N-ethyl adjacent to an activating group) is 1. The van der Waals surface area contributed by atoms with Crippen molar-refractivity contribution < 1.29 is 4.79 Å². The molecule has 0 bridgehead atoms. The van der Waals surface area contributed by atoms with Crippen LogP contribution in [0.1, 0.15) is 33.6 Å². The van der Waals surface area contributed by atoms with Crippen LogP contribution < -0.4 is 11.1 Å². The second-order valence-corrected chi connectivity index (χ2v) is 5.12. The fourth-order valence-electron chi connectivity index (χ4n) is 1.62. The molecule has 1 unspecified atom stereocenters. The second-order valence-electron chi connectivity index (χ2n) is 4.68. The third-order valence-corrected chi connectivity index (χ3v) is 3.94. The van der Waals surface area contributed by atoms with Gasteiger partial charge in [0.2, 0.25) is 5.91 Å². The van der Waals surface area contributed by atoms with Gasteiger partial charge in [-0.25, -0.2) is 0 Å². The molecule has 100 valence electrons. The molecule has 1 amide bonds. The Morgan fingerprint density at radius 1 is 1.41 bits per heavy atom. The van der Waals surface area contributed by atoms with E-state index in [1.165, 1.54) is 0 Å². The maximum atomic E-state index is 12.2. The summed E-state index contributed by atoms with van der Waals surface area (Å²) in [6.45, 7) is 6.55. The molecule has 0 aliphatic rings. The quantitative estimate of drug-likeness (QED) is 0.673. The van der Waals surface area contributed by atoms with Crippen molar-refractivity contribution in [3.8, 4) is 0 Å². The minimum absolute atomic E-state index is 0.0521. The molecular weight excluding hydrogens is 234 g/mol. The smallest absolute Gasteiger partial charge is 0.233 e. The normalized spacial score (nSPS) is 13.5. The number of rotatable bonds is 7. The summed E-state index contributed by atoms with van der Waals surface area (Å²) in [5, 5.41) is 2.94. The predicted molar refractivity (Wildman–Crippen MR) is 76.0 cm³/mol. The average molecular weight is 259 g/mol. The fraction of sp³-hybridized carbons (Fsp3) is 0.833. The number of nitrogens with two attached hydrogens (primary N) is 1. The Bertz CT molecular complexity index is 275. The van der Waals surface area contributed by atoms with Crippen LogP contribution in [0.4, 0.5) is 0 Å². The number of amides is 1. The van der Waals surface area contributed by atoms with Crippen LogP contribution in [-0.2, 0) is 4.79 Å². The summed E-state index contributed by atoms with van der Waals surface area (Å²) in [7, 11) is 3.97. The Labute approximate surface area is 110 Å². The van der Waals surface area contributed by atoms with Gasteiger partial charge in [0.1, 0.15) is 0 Å². The molecule has 0 spiro atoms. The number of nitrogens with one attached hydrogen (secondary N) is 1. The van der Waals surface area contributed by atoms with Crippen molar-refractivity contribution >= 4 is 23.1 Å². The molecule has 0 heterocycles. The highest BCUT2D eigenvalue weighted by molar-refractivity contribution is 7.80. The largest absolute Gasteiger partial charge is 0.392 e. The van der Waals surface area contributed by atoms with Crippen LogP contribution in [0.5, 0.6) is 0 Å². The van der Waals surface area contributed by atoms with Crippen LogP contribution in [0.2, 0.25) is 0 Å². The van der Waals surface area contributed by atoms with Crippen LogP contribution in [-0.4, -0.2) is 42.5 Å². The fourth-order valence-corrected chi connectivity index (χ4v) is 2.01. The first kappa shape index (κ1) is 16.3. The zero-order valence-corrected chi connectivity index (χ0v) is 12.4. The lowest BCUT2D eigenvalue weighted by Gasteiger charge is -2.30. The van der Waals surface area contributed by atoms with E-state index in [1.807, 2.05) is 27.9 Å². The van der Waals surface area contributed by atoms with E-state index >= 15 is 0 Å². The van der Waals surface area contributed by atoms with E-state index in [1.54, 1.807) is 0 Å². The number of nitrogens with zero attached hydrogens (tertiary/aromatic N) is 1. The van der Waals surface area contributed by atoms with E-state index in [-0.39, 0.29) is 16.9 Å². The molecule has 0 aliphatic heterocycles. The molecule has 0 aromatic rings. The lowest BCUT2D eigenvalue weighted by atomic mass is 9.81. The van der Waals surface area contributed by atoms with E-state index in [2.05, 4.69) is 17.1 Å². The van der Waals surface area contributed by atoms with Gasteiger partial charge < -0.3 is 16.0 Å². The maximum Gasteiger partial charge on any atom is 0.233 e. The Kier molecular flexibility index (Phi) is 6.64. The first-order chi connectivity index (χ1) is 7.81. The Balaban J connectivity index is 4.61. The third kappa shape index (κ3) is 3.92. The summed E-state index contributed by atoms with van der Waals surface area (Å²) in [4.78, 5) is 14.5. The van der Waals surface area contributed by atoms with Crippen molar-refractivity contribution in [3.63, 3.8) is 0 Å². The SMILES string of the molecule is CCC(CC)(C(=O)NCC(C)N(C)C)C(N)=S. The molecule has 0 aliphatic carbocycles. The van der Waals surface area contributed by atoms with Crippen molar-refractivity contribution in [3.05, 3.63) is 0 Å². The monoisotopic (exact) mass is 259 g/mol. The van der Waals surface area contributed by atoms with Gasteiger partial charge in [-0.1, -0.05) is 26.1 Å². The number of carbonyl (C=O) groups is 1. The van der Waals surface area contributed by atoms with Gasteiger partial charge >= 0.3 is 0 Å². The van der Waals surface area contributed by atoms with Gasteiger partial charge in [0.05, 0.1) is 10.4 Å². The number of carbonyl (C=O) groups excluding carboxylic acids is 1. The van der Waals surface area contributed by atoms with Gasteiger partial charge in [-0.3, -0.25) is 4.79 Å². The topological polar surface area (TPSA) is 58.4 Å². The van der Waals surface area contributed by atoms with E-state index in [9.17, 15) is 4.79 Å². The van der Waals surface area contributed by atoms with Crippen molar-refractivity contribution in [2.75, 3.05) is 20.6 Å². The lowest BCUT2D eigenvalue weighted by molar-refractivity contribution is -0.128. The molecule has 0 fully saturated rings. The molecule has 1 atom stereocenters. The van der Waals surface area contributed by atoms with Gasteiger partial charge in [-0.15, -0.1) is 0 Å². The van der Waals surface area contributed by atoms with Gasteiger partial charge in [-0.05, 0) is 33.9 Å². The van der Waals surface area contributed by atoms with E-state index in [4.69, 9.17) is 18.0 Å². The second kappa shape index (κ2) is 6.91. The van der Waals surface area contributed by atoms with Crippen LogP contribution in [0, 0.1) is 5.41 Å². The highest BCUT2D eigenvalue weighted by Gasteiger charge is 2.37. The molecule has 0 aromatic heterocycles. The Hall–Kier alpha value is -0.680. The molecule has 0 radical (unpaired) electrons. The summed E-state index contributed by atoms with van der Waals surface area (Å²) < 4.78 is 0. The molecular formula is C12H25N3OS. The number of hydrogen-bond acceptors (Lipinski definition) is 3. The van der Waals surface area contributed by atoms with Gasteiger partial charge in [0, 0.05) is 12.6 Å². The van der Waals surface area contributed by atoms with E-state index < -0.39 is 5.41 Å². The Morgan fingerprint density at radius 2 is 1.88 bits per heavy atom. The predicted octanol–water partition coefficient (Wildman–Crippen LogP) is 1.15. The van der Waals surface area contributed by atoms with Crippen molar-refractivity contribution in [1.29, 1.82) is 0 Å². The lowest BCUT2D eigenvalue weighted by Crippen LogP contribution is -2.50. The summed E-state index contributed by atoms with van der Waals surface area (Å²) in [5.74, 6) is -0.0521. The Morgan fingerprint density at radius 3 is 2.18 bits per heavy atom. The standard InChI is InChI=1S/C12H25N3OS/c1-6-12(7-2,10(13)17)11(16)14-8-9(3)15(4)5/h9H,6-8H2,1-5H3,(H2,13,17)(H,14,16). The summed E-state index contributed by atoms with van der Waals surface area (Å²) >= 11 is 5.04. The average Bonchev–Trinajstić information content (AvgIpc) is 2.27. The van der Waals surface area contributed by atoms with Crippen molar-refractivity contribution in [1.82, 2.24) is 10.2 Å². The maximum absolute atomic E-state index is 12.2. The molecule has 0 rings (SSSR count). The third-order valence-electron chi connectivity index (χ3n) is 3.55. The molecule has 3 N–H and O–H groups in total. The van der Waals surface area contributed by atoms with Crippen LogP contribution >= 0.6 is 12.2 Å². The summed E-state index contributed by atoms with van der Waals surface area (Å²) in [6, 6.07) is 0.289. The summed E-state index contributed by atoms with van der Waals surface area (Å²) in [5.41, 5.74) is 5.03. The molecule has 5 heteroatoms. The van der Waals surface area contributed by atoms with Crippen LogP contribution in [0.3, 0.4) is 0 Å². The van der Waals surface area contributed by atoms with Crippen LogP contribution in [0.15, 0.2) is 0 Å². The summed E-state index contributed by atoms with van der Waals surface area (Å²) in [6.07, 6.45) is 1.28. The minimum Gasteiger partial charge on any atom is -0.392 e. The van der Waals surface area contributed by atoms with Gasteiger partial charge in [-0.2, -0.15) is 0 Å². The first-order valence-corrected chi connectivity index (χ1v) is 6.47. The molecule has 17 heavy (non-hydrogen) atoms. The highest BCUT2D eigenvalue weighted by atomic mass is 32.1. The van der Waals surface area contributed by atoms with Crippen LogP contribution in [0.25, 0.3) is 0 Å². The number of hydrogen-bond donors (Lipinski definition) is 2. The highest BCUT2D eigenvalue weighted by Crippen LogP contribution is 2.27. The van der Waals surface area contributed by atoms with E-state index in [0.717, 1.165) is 0 Å². The van der Waals surface area contributed by atoms with Gasteiger partial charge in [0.15, 0.2) is 0 Å². The van der Waals surface area contributed by atoms with E-state index in [0.29, 0.717) is 19.4 Å². The van der Waals surface area contributed by atoms with Gasteiger partial charge in [0.25, 0.3) is 0 Å². The first-order valence-electron chi connectivity index (χ1n) is 6.06. The zero-order valence-electron chi connectivity index (χ0n) is 11.5. The van der Waals surface area contributed by atoms with Crippen molar-refractivity contribution in [2.45, 2.75) is 39.7 Å². The molecule has 0 saturated carbocycles. The molecule has 0 aromatic carbocycles. The minimum atomic E-state index is -0.693.